The van der Waals surface area contributed by atoms with Gasteiger partial charge in [0, 0.05) is 45.7 Å². The summed E-state index contributed by atoms with van der Waals surface area (Å²) in [6.45, 7) is 5.47. The molecule has 0 spiro atoms. The predicted octanol–water partition coefficient (Wildman–Crippen LogP) is 2.51. The van der Waals surface area contributed by atoms with Crippen LogP contribution >= 0.6 is 0 Å². The lowest BCUT2D eigenvalue weighted by Gasteiger charge is -2.31. The van der Waals surface area contributed by atoms with Crippen LogP contribution in [0, 0.1) is 5.82 Å². The number of hydrogen-bond donors (Lipinski definition) is 1. The molecule has 2 aromatic rings. The normalized spacial score (nSPS) is 20.5. The highest BCUT2D eigenvalue weighted by atomic mass is 19.1. The fraction of sp³-hybridized carbons (Fsp3) is 0.458. The molecule has 166 valence electrons. The highest BCUT2D eigenvalue weighted by molar-refractivity contribution is 6.01. The largest absolute Gasteiger partial charge is 0.390 e. The maximum absolute atomic E-state index is 13.3. The number of hydrogen-bond acceptors (Lipinski definition) is 6. The molecule has 31 heavy (non-hydrogen) atoms. The Balaban J connectivity index is 1.36. The maximum atomic E-state index is 13.3. The molecule has 2 aliphatic heterocycles. The third-order valence-corrected chi connectivity index (χ3v) is 5.66. The third-order valence-electron chi connectivity index (χ3n) is 5.66. The maximum Gasteiger partial charge on any atom is 0.145 e. The van der Waals surface area contributed by atoms with Crippen LogP contribution in [0.3, 0.4) is 0 Å². The molecule has 0 unspecified atom stereocenters. The van der Waals surface area contributed by atoms with Gasteiger partial charge in [0.1, 0.15) is 11.9 Å². The van der Waals surface area contributed by atoms with E-state index in [9.17, 15) is 9.50 Å². The molecule has 7 heteroatoms. The van der Waals surface area contributed by atoms with Crippen LogP contribution in [-0.4, -0.2) is 78.8 Å². The zero-order valence-corrected chi connectivity index (χ0v) is 17.7. The predicted molar refractivity (Wildman–Crippen MR) is 117 cm³/mol. The number of halogens is 1. The van der Waals surface area contributed by atoms with Gasteiger partial charge in [-0.2, -0.15) is 0 Å². The first-order valence-corrected chi connectivity index (χ1v) is 10.9. The first kappa shape index (κ1) is 21.9. The van der Waals surface area contributed by atoms with Crippen LogP contribution in [0.1, 0.15) is 17.5 Å². The lowest BCUT2D eigenvalue weighted by atomic mass is 10.0. The highest BCUT2D eigenvalue weighted by Crippen LogP contribution is 2.19. The Hall–Kier alpha value is -2.32. The summed E-state index contributed by atoms with van der Waals surface area (Å²) < 4.78 is 18.7. The van der Waals surface area contributed by atoms with Gasteiger partial charge in [0.25, 0.3) is 0 Å². The second kappa shape index (κ2) is 10.8. The molecule has 1 N–H and O–H groups in total. The molecular formula is C24H30FN3O3. The summed E-state index contributed by atoms with van der Waals surface area (Å²) in [5, 5.41) is 15.0. The van der Waals surface area contributed by atoms with E-state index in [1.54, 1.807) is 12.1 Å². The van der Waals surface area contributed by atoms with E-state index in [-0.39, 0.29) is 11.9 Å². The molecule has 2 heterocycles. The van der Waals surface area contributed by atoms with Crippen molar-refractivity contribution in [2.75, 3.05) is 45.9 Å². The molecule has 6 nitrogen and oxygen atoms in total. The number of β-amino-alcohol motifs (C(OH)–C–C–N with tert-alkyl or cyclic N) is 1. The van der Waals surface area contributed by atoms with Gasteiger partial charge in [-0.1, -0.05) is 47.6 Å². The van der Waals surface area contributed by atoms with Crippen molar-refractivity contribution in [2.24, 2.45) is 5.16 Å². The van der Waals surface area contributed by atoms with Crippen molar-refractivity contribution in [2.45, 2.75) is 25.2 Å². The van der Waals surface area contributed by atoms with E-state index in [4.69, 9.17) is 9.57 Å². The van der Waals surface area contributed by atoms with Crippen LogP contribution in [0.4, 0.5) is 4.39 Å². The van der Waals surface area contributed by atoms with Crippen molar-refractivity contribution in [3.05, 3.63) is 71.5 Å². The lowest BCUT2D eigenvalue weighted by molar-refractivity contribution is -0.00266. The van der Waals surface area contributed by atoms with E-state index in [2.05, 4.69) is 15.0 Å². The average molecular weight is 428 g/mol. The van der Waals surface area contributed by atoms with Gasteiger partial charge in [-0.15, -0.1) is 0 Å². The first-order valence-electron chi connectivity index (χ1n) is 10.9. The van der Waals surface area contributed by atoms with Gasteiger partial charge in [0.05, 0.1) is 25.0 Å². The number of aliphatic hydroxyl groups excluding tert-OH is 1. The van der Waals surface area contributed by atoms with Crippen LogP contribution in [0.5, 0.6) is 0 Å². The van der Waals surface area contributed by atoms with Crippen LogP contribution in [0.15, 0.2) is 59.8 Å². The molecule has 1 saturated heterocycles. The minimum Gasteiger partial charge on any atom is -0.390 e. The Bertz CT molecular complexity index is 841. The Morgan fingerprint density at radius 2 is 1.84 bits per heavy atom. The zero-order chi connectivity index (χ0) is 21.5. The molecule has 0 radical (unpaired) electrons. The van der Waals surface area contributed by atoms with Gasteiger partial charge in [0.2, 0.25) is 0 Å². The van der Waals surface area contributed by atoms with E-state index in [0.717, 1.165) is 36.3 Å². The summed E-state index contributed by atoms with van der Waals surface area (Å²) >= 11 is 0. The monoisotopic (exact) mass is 427 g/mol. The molecular weight excluding hydrogens is 397 g/mol. The minimum atomic E-state index is -0.491. The Morgan fingerprint density at radius 1 is 1.10 bits per heavy atom. The van der Waals surface area contributed by atoms with Gasteiger partial charge in [-0.3, -0.25) is 9.80 Å². The van der Waals surface area contributed by atoms with Crippen molar-refractivity contribution in [3.8, 4) is 0 Å². The van der Waals surface area contributed by atoms with Gasteiger partial charge in [0.15, 0.2) is 0 Å². The molecule has 4 rings (SSSR count). The van der Waals surface area contributed by atoms with E-state index < -0.39 is 6.10 Å². The molecule has 2 atom stereocenters. The van der Waals surface area contributed by atoms with Crippen molar-refractivity contribution in [3.63, 3.8) is 0 Å². The van der Waals surface area contributed by atoms with Gasteiger partial charge in [-0.25, -0.2) is 4.39 Å². The summed E-state index contributed by atoms with van der Waals surface area (Å²) in [6, 6.07) is 16.6. The van der Waals surface area contributed by atoms with Crippen LogP contribution < -0.4 is 0 Å². The van der Waals surface area contributed by atoms with Gasteiger partial charge < -0.3 is 14.7 Å². The minimum absolute atomic E-state index is 0.0776. The summed E-state index contributed by atoms with van der Waals surface area (Å²) in [6.07, 6.45) is 0.157. The van der Waals surface area contributed by atoms with Crippen molar-refractivity contribution in [1.82, 2.24) is 9.80 Å². The van der Waals surface area contributed by atoms with Crippen LogP contribution in [-0.2, 0) is 16.1 Å². The fourth-order valence-corrected chi connectivity index (χ4v) is 4.10. The SMILES string of the molecule is O[C@@H](CN1CCOCC1)CN(Cc1ccc(F)cc1)C[C@@H]1CC(c2ccccc2)=NO1. The standard InChI is InChI=1S/C24H30FN3O3/c25-21-8-6-19(7-9-21)15-28(17-22(29)16-27-10-12-30-13-11-27)18-23-14-24(26-31-23)20-4-2-1-3-5-20/h1-9,22-23,29H,10-18H2/t22-,23-/m0/s1. The summed E-state index contributed by atoms with van der Waals surface area (Å²) in [7, 11) is 0. The average Bonchev–Trinajstić information content (AvgIpc) is 3.25. The number of rotatable bonds is 9. The second-order valence-corrected chi connectivity index (χ2v) is 8.22. The summed E-state index contributed by atoms with van der Waals surface area (Å²) in [5.41, 5.74) is 3.02. The van der Waals surface area contributed by atoms with Crippen molar-refractivity contribution >= 4 is 5.71 Å². The zero-order valence-electron chi connectivity index (χ0n) is 17.7. The molecule has 0 bridgehead atoms. The Morgan fingerprint density at radius 3 is 2.58 bits per heavy atom. The quantitative estimate of drug-likeness (QED) is 0.667. The number of nitrogens with zero attached hydrogens (tertiary/aromatic N) is 3. The van der Waals surface area contributed by atoms with E-state index in [0.29, 0.717) is 39.4 Å². The topological polar surface area (TPSA) is 57.5 Å². The third kappa shape index (κ3) is 6.58. The Labute approximate surface area is 182 Å². The van der Waals surface area contributed by atoms with E-state index >= 15 is 0 Å². The number of morpholine rings is 1. The number of oxime groups is 1. The molecule has 0 aliphatic carbocycles. The summed E-state index contributed by atoms with van der Waals surface area (Å²) in [4.78, 5) is 10.1. The Kier molecular flexibility index (Phi) is 7.64. The summed E-state index contributed by atoms with van der Waals surface area (Å²) in [5.74, 6) is -0.248. The van der Waals surface area contributed by atoms with Crippen molar-refractivity contribution < 1.29 is 19.1 Å². The van der Waals surface area contributed by atoms with E-state index in [1.807, 2.05) is 30.3 Å². The smallest absolute Gasteiger partial charge is 0.145 e. The van der Waals surface area contributed by atoms with Crippen molar-refractivity contribution in [1.29, 1.82) is 0 Å². The highest BCUT2D eigenvalue weighted by Gasteiger charge is 2.26. The number of benzene rings is 2. The van der Waals surface area contributed by atoms with Crippen LogP contribution in [0.2, 0.25) is 0 Å². The number of aliphatic hydroxyl groups is 1. The molecule has 0 amide bonds. The molecule has 0 saturated carbocycles. The number of ether oxygens (including phenoxy) is 1. The molecule has 2 aliphatic rings. The fourth-order valence-electron chi connectivity index (χ4n) is 4.10. The molecule has 1 fully saturated rings. The molecule has 2 aromatic carbocycles. The lowest BCUT2D eigenvalue weighted by Crippen LogP contribution is -2.45. The first-order chi connectivity index (χ1) is 15.2. The molecule has 0 aromatic heterocycles. The van der Waals surface area contributed by atoms with Gasteiger partial charge in [-0.05, 0) is 23.3 Å². The second-order valence-electron chi connectivity index (χ2n) is 8.22. The van der Waals surface area contributed by atoms with Gasteiger partial charge >= 0.3 is 0 Å². The van der Waals surface area contributed by atoms with E-state index in [1.165, 1.54) is 12.1 Å². The van der Waals surface area contributed by atoms with Crippen LogP contribution in [0.25, 0.3) is 0 Å².